The van der Waals surface area contributed by atoms with Gasteiger partial charge >= 0.3 is 0 Å². The summed E-state index contributed by atoms with van der Waals surface area (Å²) in [5.41, 5.74) is 0.871. The second-order valence-corrected chi connectivity index (χ2v) is 5.19. The number of benzene rings is 2. The van der Waals surface area contributed by atoms with Crippen molar-refractivity contribution in [3.8, 4) is 5.75 Å². The Bertz CT molecular complexity index is 573. The lowest BCUT2D eigenvalue weighted by Gasteiger charge is -2.14. The van der Waals surface area contributed by atoms with Gasteiger partial charge in [-0.1, -0.05) is 30.3 Å². The minimum atomic E-state index is -0.00336. The molecule has 3 rings (SSSR count). The Morgan fingerprint density at radius 1 is 1.20 bits per heavy atom. The number of aliphatic hydroxyl groups is 1. The van der Waals surface area contributed by atoms with Crippen molar-refractivity contribution in [1.82, 2.24) is 0 Å². The average molecular weight is 272 g/mol. The molecule has 1 fully saturated rings. The zero-order valence-corrected chi connectivity index (χ0v) is 11.5. The van der Waals surface area contributed by atoms with Crippen LogP contribution in [-0.2, 0) is 11.3 Å². The van der Waals surface area contributed by atoms with E-state index in [0.717, 1.165) is 48.0 Å². The van der Waals surface area contributed by atoms with E-state index in [1.165, 1.54) is 0 Å². The molecule has 1 atom stereocenters. The molecule has 2 aromatic rings. The first-order chi connectivity index (χ1) is 9.88. The molecule has 0 spiro atoms. The number of aliphatic hydroxyl groups excluding tert-OH is 1. The van der Waals surface area contributed by atoms with Crippen LogP contribution in [0, 0.1) is 0 Å². The van der Waals surface area contributed by atoms with Gasteiger partial charge in [0.15, 0.2) is 0 Å². The molecule has 0 bridgehead atoms. The van der Waals surface area contributed by atoms with Gasteiger partial charge in [0.25, 0.3) is 0 Å². The molecule has 0 radical (unpaired) electrons. The van der Waals surface area contributed by atoms with E-state index in [2.05, 4.69) is 0 Å². The van der Waals surface area contributed by atoms with Crippen LogP contribution in [0.1, 0.15) is 24.8 Å². The maximum atomic E-state index is 9.62. The van der Waals surface area contributed by atoms with Crippen molar-refractivity contribution < 1.29 is 14.6 Å². The Hall–Kier alpha value is -1.58. The predicted octanol–water partition coefficient (Wildman–Crippen LogP) is 3.28. The zero-order valence-electron chi connectivity index (χ0n) is 11.5. The first-order valence-corrected chi connectivity index (χ1v) is 7.24. The fraction of sp³-hybridized carbons (Fsp3) is 0.412. The fourth-order valence-electron chi connectivity index (χ4n) is 2.79. The van der Waals surface area contributed by atoms with Crippen LogP contribution in [0.15, 0.2) is 36.4 Å². The van der Waals surface area contributed by atoms with Crippen molar-refractivity contribution in [1.29, 1.82) is 0 Å². The van der Waals surface area contributed by atoms with Crippen LogP contribution in [0.2, 0.25) is 0 Å². The van der Waals surface area contributed by atoms with Crippen molar-refractivity contribution in [2.75, 3.05) is 13.2 Å². The van der Waals surface area contributed by atoms with Crippen LogP contribution < -0.4 is 4.74 Å². The van der Waals surface area contributed by atoms with E-state index in [4.69, 9.17) is 9.47 Å². The maximum Gasteiger partial charge on any atom is 0.125 e. The van der Waals surface area contributed by atoms with E-state index in [9.17, 15) is 5.11 Å². The molecule has 1 saturated heterocycles. The monoisotopic (exact) mass is 272 g/mol. The van der Waals surface area contributed by atoms with Crippen LogP contribution in [-0.4, -0.2) is 24.4 Å². The lowest BCUT2D eigenvalue weighted by atomic mass is 10.0. The van der Waals surface area contributed by atoms with Crippen molar-refractivity contribution in [2.24, 2.45) is 0 Å². The minimum Gasteiger partial charge on any atom is -0.493 e. The Morgan fingerprint density at radius 2 is 2.10 bits per heavy atom. The topological polar surface area (TPSA) is 38.7 Å². The third kappa shape index (κ3) is 2.79. The molecule has 2 aromatic carbocycles. The summed E-state index contributed by atoms with van der Waals surface area (Å²) in [6.07, 6.45) is 3.54. The van der Waals surface area contributed by atoms with Gasteiger partial charge in [0.05, 0.1) is 19.3 Å². The smallest absolute Gasteiger partial charge is 0.125 e. The first kappa shape index (κ1) is 13.4. The lowest BCUT2D eigenvalue weighted by Crippen LogP contribution is -2.11. The van der Waals surface area contributed by atoms with Gasteiger partial charge in [0.1, 0.15) is 5.75 Å². The van der Waals surface area contributed by atoms with Gasteiger partial charge in [-0.15, -0.1) is 0 Å². The highest BCUT2D eigenvalue weighted by atomic mass is 16.5. The van der Waals surface area contributed by atoms with Crippen molar-refractivity contribution >= 4 is 10.8 Å². The van der Waals surface area contributed by atoms with Gasteiger partial charge in [0, 0.05) is 18.6 Å². The van der Waals surface area contributed by atoms with Gasteiger partial charge in [-0.25, -0.2) is 0 Å². The molecular formula is C17H20O3. The van der Waals surface area contributed by atoms with Crippen LogP contribution in [0.25, 0.3) is 10.8 Å². The number of ether oxygens (including phenoxy) is 2. The molecule has 1 heterocycles. The van der Waals surface area contributed by atoms with Gasteiger partial charge in [-0.2, -0.15) is 0 Å². The summed E-state index contributed by atoms with van der Waals surface area (Å²) < 4.78 is 11.4. The van der Waals surface area contributed by atoms with E-state index in [1.807, 2.05) is 36.4 Å². The minimum absolute atomic E-state index is 0.00336. The van der Waals surface area contributed by atoms with E-state index in [1.54, 1.807) is 0 Å². The molecule has 3 heteroatoms. The molecule has 20 heavy (non-hydrogen) atoms. The van der Waals surface area contributed by atoms with Gasteiger partial charge < -0.3 is 14.6 Å². The van der Waals surface area contributed by atoms with Crippen molar-refractivity contribution in [3.05, 3.63) is 42.0 Å². The summed E-state index contributed by atoms with van der Waals surface area (Å²) in [7, 11) is 0. The van der Waals surface area contributed by atoms with Crippen LogP contribution in [0.3, 0.4) is 0 Å². The van der Waals surface area contributed by atoms with E-state index < -0.39 is 0 Å². The molecule has 0 aromatic heterocycles. The average Bonchev–Trinajstić information content (AvgIpc) is 3.00. The standard InChI is InChI=1S/C17H20O3/c18-12-16-15-6-2-1-4-13(15)7-8-17(16)20-11-9-14-5-3-10-19-14/h1-2,4,6-8,14,18H,3,5,9-12H2. The summed E-state index contributed by atoms with van der Waals surface area (Å²) in [5, 5.41) is 11.8. The second kappa shape index (κ2) is 6.25. The highest BCUT2D eigenvalue weighted by molar-refractivity contribution is 5.87. The zero-order chi connectivity index (χ0) is 13.8. The highest BCUT2D eigenvalue weighted by Gasteiger charge is 2.15. The van der Waals surface area contributed by atoms with Gasteiger partial charge in [-0.05, 0) is 29.7 Å². The second-order valence-electron chi connectivity index (χ2n) is 5.19. The highest BCUT2D eigenvalue weighted by Crippen LogP contribution is 2.28. The summed E-state index contributed by atoms with van der Waals surface area (Å²) in [6, 6.07) is 12.0. The molecule has 1 N–H and O–H groups in total. The molecule has 1 aliphatic heterocycles. The Labute approximate surface area is 119 Å². The van der Waals surface area contributed by atoms with Crippen molar-refractivity contribution in [3.63, 3.8) is 0 Å². The summed E-state index contributed by atoms with van der Waals surface area (Å²) in [5.74, 6) is 0.782. The molecule has 1 aliphatic rings. The summed E-state index contributed by atoms with van der Waals surface area (Å²) >= 11 is 0. The quantitative estimate of drug-likeness (QED) is 0.907. The molecule has 106 valence electrons. The van der Waals surface area contributed by atoms with Crippen LogP contribution in [0.5, 0.6) is 5.75 Å². The molecule has 3 nitrogen and oxygen atoms in total. The number of rotatable bonds is 5. The Morgan fingerprint density at radius 3 is 2.90 bits per heavy atom. The maximum absolute atomic E-state index is 9.62. The number of hydrogen-bond acceptors (Lipinski definition) is 3. The third-order valence-corrected chi connectivity index (χ3v) is 3.88. The fourth-order valence-corrected chi connectivity index (χ4v) is 2.79. The molecular weight excluding hydrogens is 252 g/mol. The van der Waals surface area contributed by atoms with Crippen LogP contribution >= 0.6 is 0 Å². The normalized spacial score (nSPS) is 18.6. The van der Waals surface area contributed by atoms with Crippen molar-refractivity contribution in [2.45, 2.75) is 32.0 Å². The molecule has 1 unspecified atom stereocenters. The lowest BCUT2D eigenvalue weighted by molar-refractivity contribution is 0.0900. The summed E-state index contributed by atoms with van der Waals surface area (Å²) in [4.78, 5) is 0. The van der Waals surface area contributed by atoms with E-state index in [0.29, 0.717) is 12.7 Å². The van der Waals surface area contributed by atoms with E-state index in [-0.39, 0.29) is 6.61 Å². The Kier molecular flexibility index (Phi) is 4.19. The third-order valence-electron chi connectivity index (χ3n) is 3.88. The molecule has 0 aliphatic carbocycles. The number of fused-ring (bicyclic) bond motifs is 1. The van der Waals surface area contributed by atoms with Gasteiger partial charge in [-0.3, -0.25) is 0 Å². The molecule has 0 saturated carbocycles. The van der Waals surface area contributed by atoms with Crippen LogP contribution in [0.4, 0.5) is 0 Å². The predicted molar refractivity (Wildman–Crippen MR) is 79.0 cm³/mol. The van der Waals surface area contributed by atoms with Gasteiger partial charge in [0.2, 0.25) is 0 Å². The molecule has 0 amide bonds. The first-order valence-electron chi connectivity index (χ1n) is 7.24. The largest absolute Gasteiger partial charge is 0.493 e. The Balaban J connectivity index is 1.73. The number of hydrogen-bond donors (Lipinski definition) is 1. The summed E-state index contributed by atoms with van der Waals surface area (Å²) in [6.45, 7) is 1.51. The van der Waals surface area contributed by atoms with E-state index >= 15 is 0 Å². The SMILES string of the molecule is OCc1c(OCCC2CCCO2)ccc2ccccc12.